The molecule has 2 saturated heterocycles. The van der Waals surface area contributed by atoms with Gasteiger partial charge in [-0.15, -0.1) is 0 Å². The van der Waals surface area contributed by atoms with E-state index < -0.39 is 0 Å². The number of anilines is 1. The highest BCUT2D eigenvalue weighted by Crippen LogP contribution is 2.31. The average Bonchev–Trinajstić information content (AvgIpc) is 2.84. The number of amides is 3. The summed E-state index contributed by atoms with van der Waals surface area (Å²) in [5.74, 6) is 1.66. The third-order valence-electron chi connectivity index (χ3n) is 6.86. The van der Waals surface area contributed by atoms with E-state index in [1.807, 2.05) is 47.1 Å². The van der Waals surface area contributed by atoms with Crippen LogP contribution in [0.15, 0.2) is 36.4 Å². The lowest BCUT2D eigenvalue weighted by Gasteiger charge is -2.34. The molecular formula is C26H34N4O3. The van der Waals surface area contributed by atoms with Gasteiger partial charge in [-0.1, -0.05) is 13.0 Å². The first-order valence-electron chi connectivity index (χ1n) is 11.9. The predicted octanol–water partition coefficient (Wildman–Crippen LogP) is 4.68. The molecule has 2 aromatic rings. The second-order valence-electron chi connectivity index (χ2n) is 9.28. The molecule has 3 amide bonds. The van der Waals surface area contributed by atoms with Crippen LogP contribution in [-0.2, 0) is 0 Å². The average molecular weight is 451 g/mol. The first-order valence-corrected chi connectivity index (χ1v) is 11.9. The molecule has 0 unspecified atom stereocenters. The van der Waals surface area contributed by atoms with E-state index in [-0.39, 0.29) is 17.9 Å². The second kappa shape index (κ2) is 10.2. The van der Waals surface area contributed by atoms with Crippen LogP contribution in [0.5, 0.6) is 5.75 Å². The molecule has 7 nitrogen and oxygen atoms in total. The number of rotatable bonds is 4. The standard InChI is InChI=1S/C26H34N4O3/c1-18-9-13-29(14-10-18)25(31)23-8-7-19(2)27-24(23)20-11-15-30(16-12-20)26(32)28-21-5-4-6-22(17-21)33-3/h4-8,17-18,20H,9-16H2,1-3H3,(H,28,32). The van der Waals surface area contributed by atoms with Gasteiger partial charge in [0, 0.05) is 49.5 Å². The SMILES string of the molecule is COc1cccc(NC(=O)N2CCC(c3nc(C)ccc3C(=O)N3CCC(C)CC3)CC2)c1. The fraction of sp³-hybridized carbons (Fsp3) is 0.500. The molecule has 0 radical (unpaired) electrons. The molecule has 0 saturated carbocycles. The van der Waals surface area contributed by atoms with Gasteiger partial charge in [-0.05, 0) is 62.8 Å². The van der Waals surface area contributed by atoms with E-state index in [0.29, 0.717) is 30.4 Å². The van der Waals surface area contributed by atoms with E-state index in [4.69, 9.17) is 9.72 Å². The molecule has 1 N–H and O–H groups in total. The molecular weight excluding hydrogens is 416 g/mol. The highest BCUT2D eigenvalue weighted by Gasteiger charge is 2.30. The number of nitrogens with zero attached hydrogens (tertiary/aromatic N) is 3. The van der Waals surface area contributed by atoms with Gasteiger partial charge in [0.2, 0.25) is 0 Å². The van der Waals surface area contributed by atoms with Gasteiger partial charge < -0.3 is 19.9 Å². The summed E-state index contributed by atoms with van der Waals surface area (Å²) < 4.78 is 5.23. The van der Waals surface area contributed by atoms with Crippen LogP contribution in [-0.4, -0.2) is 60.0 Å². The van der Waals surface area contributed by atoms with E-state index in [2.05, 4.69) is 12.2 Å². The third kappa shape index (κ3) is 5.46. The summed E-state index contributed by atoms with van der Waals surface area (Å²) in [4.78, 5) is 34.7. The Labute approximate surface area is 196 Å². The van der Waals surface area contributed by atoms with Gasteiger partial charge in [0.25, 0.3) is 5.91 Å². The van der Waals surface area contributed by atoms with Crippen molar-refractivity contribution in [1.82, 2.24) is 14.8 Å². The molecule has 0 atom stereocenters. The van der Waals surface area contributed by atoms with Gasteiger partial charge in [0.15, 0.2) is 0 Å². The van der Waals surface area contributed by atoms with Crippen LogP contribution >= 0.6 is 0 Å². The van der Waals surface area contributed by atoms with Crippen molar-refractivity contribution in [2.45, 2.75) is 45.4 Å². The summed E-state index contributed by atoms with van der Waals surface area (Å²) >= 11 is 0. The van der Waals surface area contributed by atoms with Crippen molar-refractivity contribution in [2.24, 2.45) is 5.92 Å². The van der Waals surface area contributed by atoms with E-state index in [9.17, 15) is 9.59 Å². The second-order valence-corrected chi connectivity index (χ2v) is 9.28. The topological polar surface area (TPSA) is 74.8 Å². The number of hydrogen-bond donors (Lipinski definition) is 1. The van der Waals surface area contributed by atoms with E-state index in [1.54, 1.807) is 13.2 Å². The summed E-state index contributed by atoms with van der Waals surface area (Å²) in [5.41, 5.74) is 3.26. The van der Waals surface area contributed by atoms with Gasteiger partial charge in [-0.3, -0.25) is 9.78 Å². The molecule has 3 heterocycles. The number of carbonyl (C=O) groups excluding carboxylic acids is 2. The molecule has 2 aliphatic rings. The zero-order chi connectivity index (χ0) is 23.4. The Bertz CT molecular complexity index is 993. The number of aryl methyl sites for hydroxylation is 1. The Morgan fingerprint density at radius 3 is 2.39 bits per heavy atom. The number of hydrogen-bond acceptors (Lipinski definition) is 4. The number of benzene rings is 1. The molecule has 0 bridgehead atoms. The molecule has 4 rings (SSSR count). The molecule has 33 heavy (non-hydrogen) atoms. The van der Waals surface area contributed by atoms with Crippen molar-refractivity contribution in [3.8, 4) is 5.75 Å². The highest BCUT2D eigenvalue weighted by atomic mass is 16.5. The summed E-state index contributed by atoms with van der Waals surface area (Å²) in [7, 11) is 1.61. The van der Waals surface area contributed by atoms with Crippen LogP contribution in [0, 0.1) is 12.8 Å². The normalized spacial score (nSPS) is 17.7. The smallest absolute Gasteiger partial charge is 0.321 e. The Balaban J connectivity index is 1.41. The minimum atomic E-state index is -0.113. The highest BCUT2D eigenvalue weighted by molar-refractivity contribution is 5.95. The monoisotopic (exact) mass is 450 g/mol. The van der Waals surface area contributed by atoms with Crippen molar-refractivity contribution in [1.29, 1.82) is 0 Å². The predicted molar refractivity (Wildman–Crippen MR) is 129 cm³/mol. The van der Waals surface area contributed by atoms with Crippen LogP contribution in [0.2, 0.25) is 0 Å². The van der Waals surface area contributed by atoms with Crippen molar-refractivity contribution < 1.29 is 14.3 Å². The molecule has 176 valence electrons. The van der Waals surface area contributed by atoms with Crippen LogP contribution in [0.3, 0.4) is 0 Å². The summed E-state index contributed by atoms with van der Waals surface area (Å²) in [5, 5.41) is 2.96. The van der Waals surface area contributed by atoms with Crippen LogP contribution in [0.25, 0.3) is 0 Å². The van der Waals surface area contributed by atoms with Gasteiger partial charge in [-0.25, -0.2) is 4.79 Å². The van der Waals surface area contributed by atoms with E-state index in [1.165, 1.54) is 0 Å². The van der Waals surface area contributed by atoms with Crippen molar-refractivity contribution in [3.63, 3.8) is 0 Å². The fourth-order valence-corrected chi connectivity index (χ4v) is 4.71. The lowest BCUT2D eigenvalue weighted by atomic mass is 9.89. The molecule has 0 aliphatic carbocycles. The van der Waals surface area contributed by atoms with E-state index in [0.717, 1.165) is 55.7 Å². The first-order chi connectivity index (χ1) is 15.9. The van der Waals surface area contributed by atoms with Gasteiger partial charge >= 0.3 is 6.03 Å². The zero-order valence-electron chi connectivity index (χ0n) is 19.8. The maximum Gasteiger partial charge on any atom is 0.321 e. The Morgan fingerprint density at radius 1 is 1.00 bits per heavy atom. The number of carbonyl (C=O) groups is 2. The molecule has 2 aliphatic heterocycles. The summed E-state index contributed by atoms with van der Waals surface area (Å²) in [6.45, 7) is 7.11. The molecule has 2 fully saturated rings. The van der Waals surface area contributed by atoms with E-state index >= 15 is 0 Å². The van der Waals surface area contributed by atoms with Gasteiger partial charge in [0.05, 0.1) is 18.4 Å². The minimum absolute atomic E-state index is 0.0996. The van der Waals surface area contributed by atoms with Crippen LogP contribution in [0.4, 0.5) is 10.5 Å². The van der Waals surface area contributed by atoms with Crippen LogP contribution < -0.4 is 10.1 Å². The number of likely N-dealkylation sites (tertiary alicyclic amines) is 2. The number of urea groups is 1. The number of nitrogens with one attached hydrogen (secondary N) is 1. The number of aromatic nitrogens is 1. The lowest BCUT2D eigenvalue weighted by molar-refractivity contribution is 0.0694. The Hall–Kier alpha value is -3.09. The van der Waals surface area contributed by atoms with Gasteiger partial charge in [-0.2, -0.15) is 0 Å². The van der Waals surface area contributed by atoms with Crippen molar-refractivity contribution in [3.05, 3.63) is 53.3 Å². The number of pyridine rings is 1. The molecule has 1 aromatic heterocycles. The number of methoxy groups -OCH3 is 1. The largest absolute Gasteiger partial charge is 0.497 e. The number of ether oxygens (including phenoxy) is 1. The first kappa shape index (κ1) is 23.1. The maximum absolute atomic E-state index is 13.3. The van der Waals surface area contributed by atoms with Crippen molar-refractivity contribution >= 4 is 17.6 Å². The zero-order valence-corrected chi connectivity index (χ0v) is 19.8. The van der Waals surface area contributed by atoms with Crippen molar-refractivity contribution in [2.75, 3.05) is 38.6 Å². The van der Waals surface area contributed by atoms with Gasteiger partial charge in [0.1, 0.15) is 5.75 Å². The Kier molecular flexibility index (Phi) is 7.16. The third-order valence-corrected chi connectivity index (χ3v) is 6.86. The summed E-state index contributed by atoms with van der Waals surface area (Å²) in [6.07, 6.45) is 3.70. The van der Waals surface area contributed by atoms with Crippen LogP contribution in [0.1, 0.15) is 60.3 Å². The Morgan fingerprint density at radius 2 is 1.70 bits per heavy atom. The number of piperidine rings is 2. The fourth-order valence-electron chi connectivity index (χ4n) is 4.71. The molecule has 7 heteroatoms. The molecule has 1 aromatic carbocycles. The maximum atomic E-state index is 13.3. The quantitative estimate of drug-likeness (QED) is 0.734. The summed E-state index contributed by atoms with van der Waals surface area (Å²) in [6, 6.07) is 11.1. The minimum Gasteiger partial charge on any atom is -0.497 e. The lowest BCUT2D eigenvalue weighted by Crippen LogP contribution is -2.41. The molecule has 0 spiro atoms.